The summed E-state index contributed by atoms with van der Waals surface area (Å²) in [6.45, 7) is 4.04. The van der Waals surface area contributed by atoms with Crippen molar-refractivity contribution in [2.75, 3.05) is 11.1 Å². The Balaban J connectivity index is 1.57. The number of amides is 1. The number of carbonyl (C=O) groups is 1. The molecule has 1 amide bonds. The van der Waals surface area contributed by atoms with Gasteiger partial charge in [-0.2, -0.15) is 0 Å². The van der Waals surface area contributed by atoms with Gasteiger partial charge < -0.3 is 14.6 Å². The molecular weight excluding hydrogens is 488 g/mol. The van der Waals surface area contributed by atoms with Gasteiger partial charge in [0, 0.05) is 17.2 Å². The molecule has 0 unspecified atom stereocenters. The SMILES string of the molecule is CCc1ccc(O[C@@H](C)c2nnc(SCC(=O)Nc3ccc(Cl)c(Br)c3)n2C)cc1. The molecule has 0 bridgehead atoms. The van der Waals surface area contributed by atoms with E-state index in [0.717, 1.165) is 16.6 Å². The summed E-state index contributed by atoms with van der Waals surface area (Å²) in [5.74, 6) is 1.54. The molecule has 0 aliphatic rings. The Morgan fingerprint density at radius 1 is 1.27 bits per heavy atom. The molecule has 30 heavy (non-hydrogen) atoms. The molecule has 0 saturated carbocycles. The lowest BCUT2D eigenvalue weighted by Crippen LogP contribution is -2.15. The number of halogens is 2. The van der Waals surface area contributed by atoms with Crippen molar-refractivity contribution < 1.29 is 9.53 Å². The Labute approximate surface area is 193 Å². The number of anilines is 1. The second-order valence-electron chi connectivity index (χ2n) is 6.62. The first-order chi connectivity index (χ1) is 14.4. The lowest BCUT2D eigenvalue weighted by atomic mass is 10.2. The average molecular weight is 510 g/mol. The number of hydrogen-bond acceptors (Lipinski definition) is 5. The van der Waals surface area contributed by atoms with E-state index in [0.29, 0.717) is 21.7 Å². The van der Waals surface area contributed by atoms with Crippen molar-refractivity contribution in [3.05, 3.63) is 63.3 Å². The van der Waals surface area contributed by atoms with Crippen LogP contribution in [0.5, 0.6) is 5.75 Å². The number of nitrogens with one attached hydrogen (secondary N) is 1. The van der Waals surface area contributed by atoms with Crippen LogP contribution in [0.3, 0.4) is 0 Å². The van der Waals surface area contributed by atoms with Gasteiger partial charge in [-0.15, -0.1) is 10.2 Å². The van der Waals surface area contributed by atoms with Crippen LogP contribution in [0.1, 0.15) is 31.3 Å². The summed E-state index contributed by atoms with van der Waals surface area (Å²) in [4.78, 5) is 12.3. The number of ether oxygens (including phenoxy) is 1. The van der Waals surface area contributed by atoms with E-state index in [4.69, 9.17) is 16.3 Å². The van der Waals surface area contributed by atoms with E-state index in [2.05, 4.69) is 50.5 Å². The Bertz CT molecular complexity index is 1030. The molecular formula is C21H22BrClN4O2S. The molecule has 3 rings (SSSR count). The highest BCUT2D eigenvalue weighted by Crippen LogP contribution is 2.26. The number of carbonyl (C=O) groups excluding carboxylic acids is 1. The van der Waals surface area contributed by atoms with Crippen LogP contribution in [0.15, 0.2) is 52.1 Å². The smallest absolute Gasteiger partial charge is 0.234 e. The van der Waals surface area contributed by atoms with Gasteiger partial charge in [-0.3, -0.25) is 4.79 Å². The zero-order valence-electron chi connectivity index (χ0n) is 16.9. The molecule has 0 radical (unpaired) electrons. The predicted octanol–water partition coefficient (Wildman–Crippen LogP) is 5.66. The molecule has 1 heterocycles. The number of rotatable bonds is 8. The first-order valence-electron chi connectivity index (χ1n) is 9.40. The van der Waals surface area contributed by atoms with Gasteiger partial charge in [0.05, 0.1) is 10.8 Å². The number of nitrogens with zero attached hydrogens (tertiary/aromatic N) is 3. The van der Waals surface area contributed by atoms with E-state index in [1.165, 1.54) is 17.3 Å². The molecule has 1 aromatic heterocycles. The van der Waals surface area contributed by atoms with Crippen molar-refractivity contribution in [2.24, 2.45) is 7.05 Å². The van der Waals surface area contributed by atoms with Crippen LogP contribution < -0.4 is 10.1 Å². The second kappa shape index (κ2) is 10.3. The van der Waals surface area contributed by atoms with Crippen molar-refractivity contribution in [1.29, 1.82) is 0 Å². The quantitative estimate of drug-likeness (QED) is 0.397. The maximum absolute atomic E-state index is 12.3. The zero-order valence-corrected chi connectivity index (χ0v) is 20.0. The Kier molecular flexibility index (Phi) is 7.80. The van der Waals surface area contributed by atoms with E-state index in [9.17, 15) is 4.79 Å². The van der Waals surface area contributed by atoms with Crippen LogP contribution in [0.4, 0.5) is 5.69 Å². The largest absolute Gasteiger partial charge is 0.483 e. The standard InChI is InChI=1S/C21H22BrClN4O2S/c1-4-14-5-8-16(9-6-14)29-13(2)20-25-26-21(27(20)3)30-12-19(28)24-15-7-10-18(23)17(22)11-15/h5-11,13H,4,12H2,1-3H3,(H,24,28)/t13-/m0/s1. The Morgan fingerprint density at radius 2 is 2.00 bits per heavy atom. The third-order valence-electron chi connectivity index (χ3n) is 4.41. The average Bonchev–Trinajstić information content (AvgIpc) is 3.10. The molecule has 0 fully saturated rings. The number of aromatic nitrogens is 3. The van der Waals surface area contributed by atoms with Crippen LogP contribution in [0.25, 0.3) is 0 Å². The number of aryl methyl sites for hydroxylation is 1. The van der Waals surface area contributed by atoms with Gasteiger partial charge in [0.15, 0.2) is 17.1 Å². The number of hydrogen-bond donors (Lipinski definition) is 1. The Hall–Kier alpha value is -2.03. The highest BCUT2D eigenvalue weighted by Gasteiger charge is 2.18. The Morgan fingerprint density at radius 3 is 2.67 bits per heavy atom. The van der Waals surface area contributed by atoms with E-state index in [1.54, 1.807) is 18.2 Å². The van der Waals surface area contributed by atoms with E-state index >= 15 is 0 Å². The predicted molar refractivity (Wildman–Crippen MR) is 124 cm³/mol. The summed E-state index contributed by atoms with van der Waals surface area (Å²) in [5.41, 5.74) is 1.93. The maximum atomic E-state index is 12.3. The van der Waals surface area contributed by atoms with Gasteiger partial charge in [-0.25, -0.2) is 0 Å². The van der Waals surface area contributed by atoms with Crippen LogP contribution in [0, 0.1) is 0 Å². The van der Waals surface area contributed by atoms with Crippen molar-refractivity contribution >= 4 is 50.9 Å². The summed E-state index contributed by atoms with van der Waals surface area (Å²) in [7, 11) is 1.87. The summed E-state index contributed by atoms with van der Waals surface area (Å²) in [6.07, 6.45) is 0.715. The van der Waals surface area contributed by atoms with Crippen molar-refractivity contribution in [3.63, 3.8) is 0 Å². The minimum atomic E-state index is -0.274. The summed E-state index contributed by atoms with van der Waals surface area (Å²) >= 11 is 10.6. The lowest BCUT2D eigenvalue weighted by molar-refractivity contribution is -0.113. The second-order valence-corrected chi connectivity index (χ2v) is 8.83. The summed E-state index contributed by atoms with van der Waals surface area (Å²) in [5, 5.41) is 12.5. The first-order valence-corrected chi connectivity index (χ1v) is 11.6. The van der Waals surface area contributed by atoms with Crippen molar-refractivity contribution in [3.8, 4) is 5.75 Å². The van der Waals surface area contributed by atoms with Crippen LogP contribution in [-0.2, 0) is 18.3 Å². The fourth-order valence-corrected chi connectivity index (χ4v) is 3.98. The van der Waals surface area contributed by atoms with Gasteiger partial charge in [-0.1, -0.05) is 42.4 Å². The normalized spacial score (nSPS) is 11.9. The van der Waals surface area contributed by atoms with Gasteiger partial charge in [0.1, 0.15) is 5.75 Å². The van der Waals surface area contributed by atoms with Gasteiger partial charge in [0.25, 0.3) is 0 Å². The molecule has 1 N–H and O–H groups in total. The van der Waals surface area contributed by atoms with Crippen LogP contribution in [-0.4, -0.2) is 26.4 Å². The van der Waals surface area contributed by atoms with E-state index in [-0.39, 0.29) is 17.8 Å². The van der Waals surface area contributed by atoms with Crippen molar-refractivity contribution in [1.82, 2.24) is 14.8 Å². The molecule has 0 spiro atoms. The zero-order chi connectivity index (χ0) is 21.7. The number of thioether (sulfide) groups is 1. The monoisotopic (exact) mass is 508 g/mol. The van der Waals surface area contributed by atoms with Crippen molar-refractivity contribution in [2.45, 2.75) is 31.5 Å². The van der Waals surface area contributed by atoms with E-state index < -0.39 is 0 Å². The molecule has 9 heteroatoms. The molecule has 0 saturated heterocycles. The highest BCUT2D eigenvalue weighted by molar-refractivity contribution is 9.10. The molecule has 2 aromatic carbocycles. The fraction of sp³-hybridized carbons (Fsp3) is 0.286. The molecule has 0 aliphatic heterocycles. The lowest BCUT2D eigenvalue weighted by Gasteiger charge is -2.14. The van der Waals surface area contributed by atoms with Crippen LogP contribution in [0.2, 0.25) is 5.02 Å². The fourth-order valence-electron chi connectivity index (χ4n) is 2.77. The molecule has 0 aliphatic carbocycles. The molecule has 3 aromatic rings. The van der Waals surface area contributed by atoms with E-state index in [1.807, 2.05) is 30.7 Å². The highest BCUT2D eigenvalue weighted by atomic mass is 79.9. The third-order valence-corrected chi connectivity index (χ3v) is 6.65. The first kappa shape index (κ1) is 22.7. The van der Waals surface area contributed by atoms with Crippen LogP contribution >= 0.6 is 39.3 Å². The van der Waals surface area contributed by atoms with Gasteiger partial charge in [0.2, 0.25) is 5.91 Å². The number of benzene rings is 2. The molecule has 6 nitrogen and oxygen atoms in total. The molecule has 1 atom stereocenters. The van der Waals surface area contributed by atoms with Gasteiger partial charge >= 0.3 is 0 Å². The minimum absolute atomic E-state index is 0.140. The molecule has 158 valence electrons. The third kappa shape index (κ3) is 5.77. The van der Waals surface area contributed by atoms with Gasteiger partial charge in [-0.05, 0) is 65.2 Å². The summed E-state index contributed by atoms with van der Waals surface area (Å²) < 4.78 is 8.57. The maximum Gasteiger partial charge on any atom is 0.234 e. The summed E-state index contributed by atoms with van der Waals surface area (Å²) in [6, 6.07) is 13.3. The minimum Gasteiger partial charge on any atom is -0.483 e. The topological polar surface area (TPSA) is 69.0 Å².